The third kappa shape index (κ3) is 5.56. The SMILES string of the molecule is CCCCCC(/C=N\O)C(=O)OCC. The zero-order chi connectivity index (χ0) is 10.8. The van der Waals surface area contributed by atoms with Crippen LogP contribution < -0.4 is 0 Å². The average molecular weight is 201 g/mol. The number of hydrogen-bond acceptors (Lipinski definition) is 4. The van der Waals surface area contributed by atoms with E-state index in [9.17, 15) is 4.79 Å². The molecule has 0 aromatic rings. The molecule has 0 spiro atoms. The second kappa shape index (κ2) is 8.53. The van der Waals surface area contributed by atoms with Crippen LogP contribution in [0.2, 0.25) is 0 Å². The predicted octanol–water partition coefficient (Wildman–Crippen LogP) is 2.21. The van der Waals surface area contributed by atoms with Gasteiger partial charge in [0.05, 0.1) is 18.7 Å². The van der Waals surface area contributed by atoms with Crippen LogP contribution in [0, 0.1) is 5.92 Å². The Labute approximate surface area is 84.9 Å². The second-order valence-corrected chi connectivity index (χ2v) is 3.12. The van der Waals surface area contributed by atoms with Crippen molar-refractivity contribution in [3.8, 4) is 0 Å². The van der Waals surface area contributed by atoms with Gasteiger partial charge in [-0.25, -0.2) is 0 Å². The molecule has 82 valence electrons. The number of ether oxygens (including phenoxy) is 1. The molecule has 0 heterocycles. The van der Waals surface area contributed by atoms with Gasteiger partial charge in [0.1, 0.15) is 0 Å². The van der Waals surface area contributed by atoms with Crippen molar-refractivity contribution in [1.82, 2.24) is 0 Å². The minimum absolute atomic E-state index is 0.304. The Morgan fingerprint density at radius 2 is 2.21 bits per heavy atom. The number of nitrogens with zero attached hydrogens (tertiary/aromatic N) is 1. The molecule has 1 unspecified atom stereocenters. The molecule has 0 aliphatic carbocycles. The van der Waals surface area contributed by atoms with E-state index >= 15 is 0 Å². The topological polar surface area (TPSA) is 58.9 Å². The van der Waals surface area contributed by atoms with Gasteiger partial charge in [0, 0.05) is 0 Å². The zero-order valence-electron chi connectivity index (χ0n) is 8.90. The maximum atomic E-state index is 11.3. The lowest BCUT2D eigenvalue weighted by molar-refractivity contribution is -0.145. The van der Waals surface area contributed by atoms with E-state index in [1.807, 2.05) is 0 Å². The minimum atomic E-state index is -0.397. The molecule has 0 saturated carbocycles. The van der Waals surface area contributed by atoms with Gasteiger partial charge < -0.3 is 9.94 Å². The molecule has 0 aliphatic rings. The first-order valence-corrected chi connectivity index (χ1v) is 5.10. The summed E-state index contributed by atoms with van der Waals surface area (Å²) < 4.78 is 4.85. The molecule has 0 aromatic carbocycles. The molecule has 0 aliphatic heterocycles. The molecule has 4 heteroatoms. The summed E-state index contributed by atoms with van der Waals surface area (Å²) in [4.78, 5) is 11.3. The molecule has 14 heavy (non-hydrogen) atoms. The number of carbonyl (C=O) groups excluding carboxylic acids is 1. The normalized spacial score (nSPS) is 13.0. The van der Waals surface area contributed by atoms with E-state index in [4.69, 9.17) is 9.94 Å². The summed E-state index contributed by atoms with van der Waals surface area (Å²) in [6.45, 7) is 4.22. The van der Waals surface area contributed by atoms with Crippen LogP contribution in [0.15, 0.2) is 5.16 Å². The summed E-state index contributed by atoms with van der Waals surface area (Å²) in [7, 11) is 0. The second-order valence-electron chi connectivity index (χ2n) is 3.12. The fourth-order valence-corrected chi connectivity index (χ4v) is 1.20. The third-order valence-electron chi connectivity index (χ3n) is 1.95. The molecule has 0 amide bonds. The van der Waals surface area contributed by atoms with Gasteiger partial charge in [0.2, 0.25) is 0 Å². The molecule has 0 radical (unpaired) electrons. The molecule has 0 fully saturated rings. The van der Waals surface area contributed by atoms with Crippen molar-refractivity contribution >= 4 is 12.2 Å². The number of unbranched alkanes of at least 4 members (excludes halogenated alkanes) is 2. The number of carbonyl (C=O) groups is 1. The van der Waals surface area contributed by atoms with E-state index in [-0.39, 0.29) is 5.97 Å². The van der Waals surface area contributed by atoms with Gasteiger partial charge in [-0.2, -0.15) is 0 Å². The molecular weight excluding hydrogens is 182 g/mol. The summed E-state index contributed by atoms with van der Waals surface area (Å²) in [5, 5.41) is 11.3. The molecule has 1 atom stereocenters. The lowest BCUT2D eigenvalue weighted by Gasteiger charge is -2.09. The molecule has 0 bridgehead atoms. The summed E-state index contributed by atoms with van der Waals surface area (Å²) in [5.74, 6) is -0.701. The predicted molar refractivity (Wildman–Crippen MR) is 54.5 cm³/mol. The fourth-order valence-electron chi connectivity index (χ4n) is 1.20. The van der Waals surface area contributed by atoms with E-state index in [2.05, 4.69) is 12.1 Å². The van der Waals surface area contributed by atoms with E-state index in [0.29, 0.717) is 13.0 Å². The Hall–Kier alpha value is -1.06. The monoisotopic (exact) mass is 201 g/mol. The van der Waals surface area contributed by atoms with Crippen molar-refractivity contribution in [2.45, 2.75) is 39.5 Å². The van der Waals surface area contributed by atoms with Crippen molar-refractivity contribution < 1.29 is 14.7 Å². The Kier molecular flexibility index (Phi) is 7.89. The van der Waals surface area contributed by atoms with Crippen LogP contribution in [0.5, 0.6) is 0 Å². The first-order chi connectivity index (χ1) is 6.76. The number of esters is 1. The van der Waals surface area contributed by atoms with Crippen molar-refractivity contribution in [2.75, 3.05) is 6.61 Å². The van der Waals surface area contributed by atoms with Gasteiger partial charge in [-0.3, -0.25) is 4.79 Å². The van der Waals surface area contributed by atoms with Crippen LogP contribution in [-0.2, 0) is 9.53 Å². The highest BCUT2D eigenvalue weighted by Gasteiger charge is 2.16. The Bertz CT molecular complexity index is 180. The standard InChI is InChI=1S/C10H19NO3/c1-3-5-6-7-9(8-11-13)10(12)14-4-2/h8-9,13H,3-7H2,1-2H3/b11-8-. The van der Waals surface area contributed by atoms with Crippen LogP contribution in [0.3, 0.4) is 0 Å². The summed E-state index contributed by atoms with van der Waals surface area (Å²) in [6.07, 6.45) is 5.07. The van der Waals surface area contributed by atoms with Crippen LogP contribution in [0.1, 0.15) is 39.5 Å². The van der Waals surface area contributed by atoms with Gasteiger partial charge in [0.25, 0.3) is 0 Å². The Balaban J connectivity index is 3.94. The first kappa shape index (κ1) is 12.9. The maximum absolute atomic E-state index is 11.3. The molecule has 1 N–H and O–H groups in total. The van der Waals surface area contributed by atoms with Crippen LogP contribution >= 0.6 is 0 Å². The van der Waals surface area contributed by atoms with Gasteiger partial charge in [-0.1, -0.05) is 26.2 Å². The molecule has 4 nitrogen and oxygen atoms in total. The lowest BCUT2D eigenvalue weighted by Crippen LogP contribution is -2.19. The van der Waals surface area contributed by atoms with Crippen molar-refractivity contribution in [1.29, 1.82) is 0 Å². The molecule has 0 aromatic heterocycles. The van der Waals surface area contributed by atoms with E-state index in [1.165, 1.54) is 6.21 Å². The maximum Gasteiger partial charge on any atom is 0.314 e. The Morgan fingerprint density at radius 1 is 1.50 bits per heavy atom. The largest absolute Gasteiger partial charge is 0.465 e. The number of hydrogen-bond donors (Lipinski definition) is 1. The van der Waals surface area contributed by atoms with E-state index < -0.39 is 5.92 Å². The van der Waals surface area contributed by atoms with Crippen LogP contribution in [-0.4, -0.2) is 24.0 Å². The smallest absolute Gasteiger partial charge is 0.314 e. The Morgan fingerprint density at radius 3 is 2.71 bits per heavy atom. The van der Waals surface area contributed by atoms with E-state index in [1.54, 1.807) is 6.92 Å². The number of oxime groups is 1. The molecule has 0 rings (SSSR count). The van der Waals surface area contributed by atoms with Gasteiger partial charge in [-0.15, -0.1) is 5.16 Å². The highest BCUT2D eigenvalue weighted by molar-refractivity contribution is 5.89. The van der Waals surface area contributed by atoms with Crippen LogP contribution in [0.4, 0.5) is 0 Å². The third-order valence-corrected chi connectivity index (χ3v) is 1.95. The zero-order valence-corrected chi connectivity index (χ0v) is 8.90. The number of rotatable bonds is 7. The first-order valence-electron chi connectivity index (χ1n) is 5.10. The highest BCUT2D eigenvalue weighted by Crippen LogP contribution is 2.10. The minimum Gasteiger partial charge on any atom is -0.465 e. The van der Waals surface area contributed by atoms with Gasteiger partial charge >= 0.3 is 5.97 Å². The van der Waals surface area contributed by atoms with Gasteiger partial charge in [-0.05, 0) is 13.3 Å². The quantitative estimate of drug-likeness (QED) is 0.226. The van der Waals surface area contributed by atoms with E-state index in [0.717, 1.165) is 19.3 Å². The average Bonchev–Trinajstić information content (AvgIpc) is 2.17. The van der Waals surface area contributed by atoms with Crippen molar-refractivity contribution in [3.05, 3.63) is 0 Å². The highest BCUT2D eigenvalue weighted by atomic mass is 16.5. The fraction of sp³-hybridized carbons (Fsp3) is 0.800. The van der Waals surface area contributed by atoms with Crippen molar-refractivity contribution in [3.63, 3.8) is 0 Å². The van der Waals surface area contributed by atoms with Crippen molar-refractivity contribution in [2.24, 2.45) is 11.1 Å². The lowest BCUT2D eigenvalue weighted by atomic mass is 10.0. The van der Waals surface area contributed by atoms with Crippen LogP contribution in [0.25, 0.3) is 0 Å². The summed E-state index contributed by atoms with van der Waals surface area (Å²) in [6, 6.07) is 0. The summed E-state index contributed by atoms with van der Waals surface area (Å²) in [5.41, 5.74) is 0. The molecule has 0 saturated heterocycles. The molecular formula is C10H19NO3. The summed E-state index contributed by atoms with van der Waals surface area (Å²) >= 11 is 0. The van der Waals surface area contributed by atoms with Gasteiger partial charge in [0.15, 0.2) is 0 Å².